The number of pyridine rings is 1. The summed E-state index contributed by atoms with van der Waals surface area (Å²) in [5.41, 5.74) is 6.88. The monoisotopic (exact) mass is 335 g/mol. The Balaban J connectivity index is 1.79. The first kappa shape index (κ1) is 16.0. The molecule has 0 saturated carbocycles. The molecule has 128 valence electrons. The molecule has 0 spiro atoms. The summed E-state index contributed by atoms with van der Waals surface area (Å²) in [6.45, 7) is -0.0157. The average molecular weight is 335 g/mol. The zero-order valence-corrected chi connectivity index (χ0v) is 14.0. The molecule has 3 aromatic rings. The average Bonchev–Trinajstić information content (AvgIpc) is 3.28. The molecule has 4 rings (SSSR count). The third-order valence-electron chi connectivity index (χ3n) is 4.73. The summed E-state index contributed by atoms with van der Waals surface area (Å²) in [5, 5.41) is 23.5. The number of aliphatic hydroxyl groups is 2. The third kappa shape index (κ3) is 3.21. The smallest absolute Gasteiger partial charge is 0.100 e. The zero-order chi connectivity index (χ0) is 17.2. The van der Waals surface area contributed by atoms with Crippen molar-refractivity contribution >= 4 is 0 Å². The second-order valence-corrected chi connectivity index (χ2v) is 6.52. The van der Waals surface area contributed by atoms with Crippen LogP contribution in [0, 0.1) is 0 Å². The maximum atomic E-state index is 9.76. The predicted octanol–water partition coefficient (Wildman–Crippen LogP) is 2.45. The summed E-state index contributed by atoms with van der Waals surface area (Å²) >= 11 is 0. The molecule has 0 amide bonds. The van der Waals surface area contributed by atoms with E-state index in [1.165, 1.54) is 17.5 Å². The van der Waals surface area contributed by atoms with Crippen LogP contribution in [0.3, 0.4) is 0 Å². The number of aliphatic hydroxyl groups excluding tert-OH is 2. The highest BCUT2D eigenvalue weighted by molar-refractivity contribution is 5.80. The zero-order valence-electron chi connectivity index (χ0n) is 14.0. The van der Waals surface area contributed by atoms with Crippen LogP contribution in [-0.4, -0.2) is 37.7 Å². The molecule has 25 heavy (non-hydrogen) atoms. The second kappa shape index (κ2) is 6.78. The molecule has 1 atom stereocenters. The molecular formula is C20H21N3O2. The van der Waals surface area contributed by atoms with Crippen LogP contribution in [0.1, 0.15) is 17.5 Å². The topological polar surface area (TPSA) is 71.2 Å². The summed E-state index contributed by atoms with van der Waals surface area (Å²) < 4.78 is 1.71. The molecule has 0 radical (unpaired) electrons. The molecule has 1 aromatic carbocycles. The van der Waals surface area contributed by atoms with Crippen LogP contribution < -0.4 is 0 Å². The van der Waals surface area contributed by atoms with Crippen molar-refractivity contribution in [1.82, 2.24) is 14.8 Å². The Bertz CT molecular complexity index is 874. The van der Waals surface area contributed by atoms with Gasteiger partial charge in [0.15, 0.2) is 0 Å². The minimum Gasteiger partial charge on any atom is -0.394 e. The number of aryl methyl sites for hydroxylation is 2. The first-order valence-electron chi connectivity index (χ1n) is 8.63. The molecule has 2 N–H and O–H groups in total. The third-order valence-corrected chi connectivity index (χ3v) is 4.73. The highest BCUT2D eigenvalue weighted by atomic mass is 16.3. The SMILES string of the molecule is OCC(O)Cn1cc(-c2ccc3c(c2)CCC3)c(-c2ccncc2)n1. The number of aromatic nitrogens is 3. The van der Waals surface area contributed by atoms with Crippen molar-refractivity contribution < 1.29 is 10.2 Å². The summed E-state index contributed by atoms with van der Waals surface area (Å²) in [6.07, 6.45) is 8.15. The van der Waals surface area contributed by atoms with Crippen LogP contribution in [0.25, 0.3) is 22.4 Å². The van der Waals surface area contributed by atoms with Crippen molar-refractivity contribution in [2.24, 2.45) is 0 Å². The van der Waals surface area contributed by atoms with E-state index in [0.29, 0.717) is 0 Å². The number of rotatable bonds is 5. The van der Waals surface area contributed by atoms with Gasteiger partial charge in [0, 0.05) is 29.7 Å². The van der Waals surface area contributed by atoms with Gasteiger partial charge >= 0.3 is 0 Å². The standard InChI is InChI=1S/C20H21N3O2/c24-13-18(25)11-23-12-19(20(22-23)15-6-8-21-9-7-15)17-5-4-14-2-1-3-16(14)10-17/h4-10,12,18,24-25H,1-3,11,13H2. The van der Waals surface area contributed by atoms with Crippen LogP contribution in [0.2, 0.25) is 0 Å². The molecule has 5 nitrogen and oxygen atoms in total. The van der Waals surface area contributed by atoms with Gasteiger partial charge in [-0.25, -0.2) is 0 Å². The van der Waals surface area contributed by atoms with Gasteiger partial charge in [0.05, 0.1) is 19.3 Å². The van der Waals surface area contributed by atoms with E-state index in [-0.39, 0.29) is 13.2 Å². The molecule has 0 fully saturated rings. The molecule has 1 aliphatic carbocycles. The van der Waals surface area contributed by atoms with Crippen molar-refractivity contribution in [3.8, 4) is 22.4 Å². The van der Waals surface area contributed by atoms with E-state index >= 15 is 0 Å². The maximum absolute atomic E-state index is 9.76. The van der Waals surface area contributed by atoms with Gasteiger partial charge in [-0.15, -0.1) is 0 Å². The van der Waals surface area contributed by atoms with Gasteiger partial charge in [-0.3, -0.25) is 9.67 Å². The van der Waals surface area contributed by atoms with Gasteiger partial charge in [0.1, 0.15) is 5.69 Å². The van der Waals surface area contributed by atoms with Crippen LogP contribution >= 0.6 is 0 Å². The molecule has 1 aliphatic rings. The van der Waals surface area contributed by atoms with Gasteiger partial charge in [-0.1, -0.05) is 18.2 Å². The lowest BCUT2D eigenvalue weighted by Gasteiger charge is -2.06. The van der Waals surface area contributed by atoms with E-state index in [1.807, 2.05) is 18.3 Å². The highest BCUT2D eigenvalue weighted by Crippen LogP contribution is 2.34. The molecule has 0 bridgehead atoms. The molecular weight excluding hydrogens is 314 g/mol. The Morgan fingerprint density at radius 3 is 2.64 bits per heavy atom. The Morgan fingerprint density at radius 1 is 1.04 bits per heavy atom. The van der Waals surface area contributed by atoms with E-state index in [9.17, 15) is 5.11 Å². The number of hydrogen-bond donors (Lipinski definition) is 2. The fraction of sp³-hybridized carbons (Fsp3) is 0.300. The molecule has 2 heterocycles. The normalized spacial score (nSPS) is 14.5. The second-order valence-electron chi connectivity index (χ2n) is 6.52. The van der Waals surface area contributed by atoms with Crippen LogP contribution in [0.5, 0.6) is 0 Å². The molecule has 0 aliphatic heterocycles. The number of hydrogen-bond acceptors (Lipinski definition) is 4. The Kier molecular flexibility index (Phi) is 4.34. The first-order chi connectivity index (χ1) is 12.2. The highest BCUT2D eigenvalue weighted by Gasteiger charge is 2.17. The van der Waals surface area contributed by atoms with Gasteiger partial charge < -0.3 is 10.2 Å². The maximum Gasteiger partial charge on any atom is 0.100 e. The number of benzene rings is 1. The molecule has 1 unspecified atom stereocenters. The lowest BCUT2D eigenvalue weighted by molar-refractivity contribution is 0.0783. The lowest BCUT2D eigenvalue weighted by atomic mass is 9.99. The number of nitrogens with zero attached hydrogens (tertiary/aromatic N) is 3. The van der Waals surface area contributed by atoms with E-state index in [2.05, 4.69) is 28.3 Å². The quantitative estimate of drug-likeness (QED) is 0.751. The van der Waals surface area contributed by atoms with E-state index in [4.69, 9.17) is 5.11 Å². The van der Waals surface area contributed by atoms with E-state index in [0.717, 1.165) is 35.2 Å². The van der Waals surface area contributed by atoms with Gasteiger partial charge in [0.25, 0.3) is 0 Å². The summed E-state index contributed by atoms with van der Waals surface area (Å²) in [4.78, 5) is 4.08. The molecule has 2 aromatic heterocycles. The Morgan fingerprint density at radius 2 is 1.84 bits per heavy atom. The van der Waals surface area contributed by atoms with Gasteiger partial charge in [0.2, 0.25) is 0 Å². The van der Waals surface area contributed by atoms with Gasteiger partial charge in [-0.05, 0) is 48.1 Å². The van der Waals surface area contributed by atoms with Crippen LogP contribution in [-0.2, 0) is 19.4 Å². The summed E-state index contributed by atoms with van der Waals surface area (Å²) in [7, 11) is 0. The Hall–Kier alpha value is -2.50. The molecule has 0 saturated heterocycles. The van der Waals surface area contributed by atoms with Crippen molar-refractivity contribution in [3.05, 3.63) is 60.0 Å². The van der Waals surface area contributed by atoms with E-state index in [1.54, 1.807) is 17.1 Å². The van der Waals surface area contributed by atoms with Crippen LogP contribution in [0.4, 0.5) is 0 Å². The lowest BCUT2D eigenvalue weighted by Crippen LogP contribution is -2.20. The van der Waals surface area contributed by atoms with Crippen molar-refractivity contribution in [3.63, 3.8) is 0 Å². The Labute approximate surface area is 146 Å². The molecule has 5 heteroatoms. The predicted molar refractivity (Wildman–Crippen MR) is 96.0 cm³/mol. The van der Waals surface area contributed by atoms with E-state index < -0.39 is 6.10 Å². The first-order valence-corrected chi connectivity index (χ1v) is 8.63. The fourth-order valence-corrected chi connectivity index (χ4v) is 3.46. The van der Waals surface area contributed by atoms with Gasteiger partial charge in [-0.2, -0.15) is 5.10 Å². The number of fused-ring (bicyclic) bond motifs is 1. The summed E-state index contributed by atoms with van der Waals surface area (Å²) in [6, 6.07) is 10.5. The van der Waals surface area contributed by atoms with Crippen LogP contribution in [0.15, 0.2) is 48.9 Å². The van der Waals surface area contributed by atoms with Crippen molar-refractivity contribution in [2.75, 3.05) is 6.61 Å². The fourth-order valence-electron chi connectivity index (χ4n) is 3.46. The summed E-state index contributed by atoms with van der Waals surface area (Å²) in [5.74, 6) is 0. The van der Waals surface area contributed by atoms with Crippen molar-refractivity contribution in [1.29, 1.82) is 0 Å². The minimum absolute atomic E-state index is 0.263. The largest absolute Gasteiger partial charge is 0.394 e. The minimum atomic E-state index is -0.821. The van der Waals surface area contributed by atoms with Crippen molar-refractivity contribution in [2.45, 2.75) is 31.9 Å².